The number of fused-ring (bicyclic) bond motifs is 2. The first kappa shape index (κ1) is 33.9. The van der Waals surface area contributed by atoms with Crippen molar-refractivity contribution in [3.05, 3.63) is 102 Å². The Balaban J connectivity index is 1.54. The fourth-order valence-electron chi connectivity index (χ4n) is 7.26. The van der Waals surface area contributed by atoms with Crippen LogP contribution in [0.3, 0.4) is 0 Å². The molecule has 0 saturated heterocycles. The Hall–Kier alpha value is -4.41. The maximum atomic E-state index is 9.36. The molecule has 2 heterocycles. The van der Waals surface area contributed by atoms with Crippen LogP contribution in [0, 0.1) is 28.6 Å². The summed E-state index contributed by atoms with van der Waals surface area (Å²) in [7, 11) is 0. The third kappa shape index (κ3) is 7.44. The van der Waals surface area contributed by atoms with Crippen molar-refractivity contribution in [1.82, 2.24) is 0 Å². The highest BCUT2D eigenvalue weighted by Crippen LogP contribution is 2.54. The van der Waals surface area contributed by atoms with Gasteiger partial charge in [-0.2, -0.15) is 10.5 Å². The first-order valence-corrected chi connectivity index (χ1v) is 17.9. The molecule has 4 nitrogen and oxygen atoms in total. The van der Waals surface area contributed by atoms with Crippen molar-refractivity contribution >= 4 is 0 Å². The number of ether oxygens (including phenoxy) is 1. The Labute approximate surface area is 282 Å². The molecule has 4 aromatic rings. The Morgan fingerprint density at radius 1 is 0.660 bits per heavy atom. The van der Waals surface area contributed by atoms with Crippen LogP contribution < -0.4 is 9.30 Å². The highest BCUT2D eigenvalue weighted by atomic mass is 16.5. The average Bonchev–Trinajstić information content (AvgIpc) is 3.12. The molecule has 0 amide bonds. The zero-order valence-electron chi connectivity index (χ0n) is 28.8. The predicted molar refractivity (Wildman–Crippen MR) is 191 cm³/mol. The van der Waals surface area contributed by atoms with Crippen LogP contribution >= 0.6 is 0 Å². The molecule has 0 radical (unpaired) electrons. The smallest absolute Gasteiger partial charge is 0.169 e. The van der Waals surface area contributed by atoms with Crippen molar-refractivity contribution in [2.75, 3.05) is 0 Å². The number of benzene rings is 3. The number of pyridine rings is 1. The van der Waals surface area contributed by atoms with Crippen LogP contribution in [0.5, 0.6) is 11.5 Å². The number of nitrogens with zero attached hydrogens (tertiary/aromatic N) is 3. The number of hydrogen-bond donors (Lipinski definition) is 0. The van der Waals surface area contributed by atoms with E-state index in [4.69, 9.17) is 4.74 Å². The van der Waals surface area contributed by atoms with Crippen LogP contribution in [0.1, 0.15) is 115 Å². The summed E-state index contributed by atoms with van der Waals surface area (Å²) in [4.78, 5) is 0. The molecule has 4 heteroatoms. The zero-order valence-corrected chi connectivity index (χ0v) is 28.8. The van der Waals surface area contributed by atoms with Crippen molar-refractivity contribution in [2.45, 2.75) is 110 Å². The summed E-state index contributed by atoms with van der Waals surface area (Å²) < 4.78 is 9.04. The minimum absolute atomic E-state index is 0.157. The molecule has 1 aromatic heterocycles. The second-order valence-electron chi connectivity index (χ2n) is 13.3. The second kappa shape index (κ2) is 15.9. The molecular formula is C43H50N3O+. The van der Waals surface area contributed by atoms with Crippen molar-refractivity contribution in [1.29, 1.82) is 10.5 Å². The monoisotopic (exact) mass is 624 g/mol. The molecule has 0 N–H and O–H groups in total. The first-order chi connectivity index (χ1) is 23.0. The normalized spacial score (nSPS) is 13.6. The van der Waals surface area contributed by atoms with E-state index in [-0.39, 0.29) is 5.41 Å². The van der Waals surface area contributed by atoms with Gasteiger partial charge in [0.25, 0.3) is 0 Å². The van der Waals surface area contributed by atoms with Crippen molar-refractivity contribution in [3.8, 4) is 45.9 Å². The molecule has 242 valence electrons. The Morgan fingerprint density at radius 2 is 1.17 bits per heavy atom. The predicted octanol–water partition coefficient (Wildman–Crippen LogP) is 11.4. The van der Waals surface area contributed by atoms with E-state index in [1.807, 2.05) is 24.3 Å². The van der Waals surface area contributed by atoms with Crippen molar-refractivity contribution in [2.24, 2.45) is 5.92 Å². The van der Waals surface area contributed by atoms with E-state index in [9.17, 15) is 10.5 Å². The molecule has 1 unspecified atom stereocenters. The lowest BCUT2D eigenvalue weighted by Gasteiger charge is -2.41. The van der Waals surface area contributed by atoms with Gasteiger partial charge in [0.1, 0.15) is 11.5 Å². The number of hydrogen-bond acceptors (Lipinski definition) is 3. The third-order valence-electron chi connectivity index (χ3n) is 10.2. The fraction of sp³-hybridized carbons (Fsp3) is 0.419. The Kier molecular flexibility index (Phi) is 11.5. The number of rotatable bonds is 15. The molecule has 1 aliphatic heterocycles. The molecule has 0 fully saturated rings. The first-order valence-electron chi connectivity index (χ1n) is 17.9. The number of nitriles is 2. The summed E-state index contributed by atoms with van der Waals surface area (Å²) in [6.45, 7) is 10.2. The summed E-state index contributed by atoms with van der Waals surface area (Å²) in [5.41, 5.74) is 7.80. The van der Waals surface area contributed by atoms with Crippen molar-refractivity contribution in [3.63, 3.8) is 0 Å². The highest BCUT2D eigenvalue weighted by molar-refractivity contribution is 5.72. The van der Waals surface area contributed by atoms with Gasteiger partial charge in [0.15, 0.2) is 24.9 Å². The summed E-state index contributed by atoms with van der Waals surface area (Å²) in [6, 6.07) is 30.0. The molecule has 0 bridgehead atoms. The standard InChI is InChI=1S/C43H50N3O/c1-5-9-12-32(8-4)31-46-25-21-35(22-26-46)37-18-20-42-40(28-37)43(23-10-6-2,24-11-7-3)39-27-36(17-19-41(39)47-42)33-13-15-34(16-14-33)38(29-44)30-45/h13-22,25-28,32,38H,5-12,23-24,31H2,1-4H3/q+1. The average molecular weight is 625 g/mol. The maximum absolute atomic E-state index is 9.36. The topological polar surface area (TPSA) is 60.7 Å². The van der Waals surface area contributed by atoms with Crippen LogP contribution in [-0.2, 0) is 12.0 Å². The molecule has 1 aliphatic rings. The van der Waals surface area contributed by atoms with E-state index in [0.29, 0.717) is 0 Å². The Bertz CT molecular complexity index is 1690. The number of aromatic nitrogens is 1. The molecule has 47 heavy (non-hydrogen) atoms. The van der Waals surface area contributed by atoms with Gasteiger partial charge in [0.2, 0.25) is 0 Å². The fourth-order valence-corrected chi connectivity index (χ4v) is 7.26. The minimum Gasteiger partial charge on any atom is -0.457 e. The van der Waals surface area contributed by atoms with Crippen LogP contribution in [0.2, 0.25) is 0 Å². The molecule has 1 atom stereocenters. The molecule has 0 spiro atoms. The third-order valence-corrected chi connectivity index (χ3v) is 10.2. The van der Waals surface area contributed by atoms with E-state index < -0.39 is 5.92 Å². The molecule has 0 aliphatic carbocycles. The van der Waals surface area contributed by atoms with Gasteiger partial charge < -0.3 is 4.74 Å². The van der Waals surface area contributed by atoms with Gasteiger partial charge in [-0.05, 0) is 77.8 Å². The quantitative estimate of drug-likeness (QED) is 0.124. The van der Waals surface area contributed by atoms with Gasteiger partial charge in [0.05, 0.1) is 12.1 Å². The van der Waals surface area contributed by atoms with E-state index in [2.05, 4.69) is 105 Å². The number of unbranched alkanes of at least 4 members (excludes halogenated alkanes) is 3. The van der Waals surface area contributed by atoms with Crippen LogP contribution in [0.25, 0.3) is 22.3 Å². The zero-order chi connectivity index (χ0) is 33.2. The summed E-state index contributed by atoms with van der Waals surface area (Å²) in [6.07, 6.45) is 16.2. The maximum Gasteiger partial charge on any atom is 0.169 e. The van der Waals surface area contributed by atoms with Gasteiger partial charge in [-0.25, -0.2) is 4.57 Å². The van der Waals surface area contributed by atoms with Crippen molar-refractivity contribution < 1.29 is 9.30 Å². The minimum atomic E-state index is -0.753. The van der Waals surface area contributed by atoms with Crippen LogP contribution in [-0.4, -0.2) is 0 Å². The van der Waals surface area contributed by atoms with Gasteiger partial charge in [0, 0.05) is 34.6 Å². The lowest BCUT2D eigenvalue weighted by Crippen LogP contribution is -2.36. The largest absolute Gasteiger partial charge is 0.457 e. The molecule has 5 rings (SSSR count). The van der Waals surface area contributed by atoms with Gasteiger partial charge >= 0.3 is 0 Å². The molecule has 0 saturated carbocycles. The summed E-state index contributed by atoms with van der Waals surface area (Å²) in [5, 5.41) is 18.7. The highest BCUT2D eigenvalue weighted by Gasteiger charge is 2.41. The lowest BCUT2D eigenvalue weighted by atomic mass is 9.65. The van der Waals surface area contributed by atoms with Gasteiger partial charge in [-0.1, -0.05) is 103 Å². The second-order valence-corrected chi connectivity index (χ2v) is 13.3. The van der Waals surface area contributed by atoms with E-state index >= 15 is 0 Å². The Morgan fingerprint density at radius 3 is 1.66 bits per heavy atom. The van der Waals surface area contributed by atoms with E-state index in [1.165, 1.54) is 47.9 Å². The van der Waals surface area contributed by atoms with E-state index in [1.54, 1.807) is 0 Å². The molecular weight excluding hydrogens is 574 g/mol. The summed E-state index contributed by atoms with van der Waals surface area (Å²) >= 11 is 0. The lowest BCUT2D eigenvalue weighted by molar-refractivity contribution is -0.703. The summed E-state index contributed by atoms with van der Waals surface area (Å²) in [5.74, 6) is 1.88. The molecule has 3 aromatic carbocycles. The van der Waals surface area contributed by atoms with Crippen LogP contribution in [0.4, 0.5) is 0 Å². The van der Waals surface area contributed by atoms with E-state index in [0.717, 1.165) is 79.2 Å². The van der Waals surface area contributed by atoms with Gasteiger partial charge in [-0.3, -0.25) is 0 Å². The SMILES string of the molecule is CCCCC(CC)C[n+]1ccc(-c2ccc3c(c2)C(CCCC)(CCCC)c2cc(-c4ccc(C(C#N)C#N)cc4)ccc2O3)cc1. The van der Waals surface area contributed by atoms with Gasteiger partial charge in [-0.15, -0.1) is 0 Å². The van der Waals surface area contributed by atoms with Crippen LogP contribution in [0.15, 0.2) is 85.2 Å².